The zero-order valence-corrected chi connectivity index (χ0v) is 14.1. The van der Waals surface area contributed by atoms with Gasteiger partial charge in [0.25, 0.3) is 0 Å². The zero-order valence-electron chi connectivity index (χ0n) is 10.9. The van der Waals surface area contributed by atoms with E-state index in [0.717, 1.165) is 27.3 Å². The van der Waals surface area contributed by atoms with Crippen molar-refractivity contribution in [3.63, 3.8) is 0 Å². The summed E-state index contributed by atoms with van der Waals surface area (Å²) in [6, 6.07) is 5.08. The molecule has 2 saturated carbocycles. The maximum Gasteiger partial charge on any atom is 0.148 e. The van der Waals surface area contributed by atoms with E-state index in [1.165, 1.54) is 44.1 Å². The molecule has 4 heteroatoms. The molecule has 0 heterocycles. The molecule has 104 valence electrons. The largest absolute Gasteiger partial charge is 0.488 e. The number of rotatable bonds is 5. The summed E-state index contributed by atoms with van der Waals surface area (Å²) in [6.07, 6.45) is 8.00. The fraction of sp³-hybridized carbons (Fsp3) is 0.600. The van der Waals surface area contributed by atoms with E-state index < -0.39 is 0 Å². The predicted octanol–water partition coefficient (Wildman–Crippen LogP) is 4.79. The van der Waals surface area contributed by atoms with Crippen molar-refractivity contribution in [1.82, 2.24) is 5.32 Å². The molecule has 3 rings (SSSR count). The van der Waals surface area contributed by atoms with Crippen molar-refractivity contribution in [2.45, 2.75) is 57.2 Å². The van der Waals surface area contributed by atoms with E-state index in [-0.39, 0.29) is 0 Å². The van der Waals surface area contributed by atoms with Gasteiger partial charge in [-0.15, -0.1) is 0 Å². The van der Waals surface area contributed by atoms with E-state index in [9.17, 15) is 0 Å². The van der Waals surface area contributed by atoms with Crippen molar-refractivity contribution in [3.8, 4) is 5.75 Å². The van der Waals surface area contributed by atoms with Gasteiger partial charge < -0.3 is 10.1 Å². The van der Waals surface area contributed by atoms with Gasteiger partial charge in [-0.1, -0.05) is 0 Å². The molecule has 2 aliphatic carbocycles. The molecule has 1 N–H and O–H groups in total. The molecule has 0 bridgehead atoms. The highest BCUT2D eigenvalue weighted by Crippen LogP contribution is 2.37. The van der Waals surface area contributed by atoms with E-state index in [0.29, 0.717) is 6.10 Å². The Morgan fingerprint density at radius 3 is 2.26 bits per heavy atom. The first kappa shape index (κ1) is 13.9. The molecule has 0 spiro atoms. The highest BCUT2D eigenvalue weighted by molar-refractivity contribution is 9.11. The fourth-order valence-electron chi connectivity index (χ4n) is 2.55. The minimum Gasteiger partial charge on any atom is -0.488 e. The molecule has 0 radical (unpaired) electrons. The molecule has 0 unspecified atom stereocenters. The van der Waals surface area contributed by atoms with Gasteiger partial charge in [0.2, 0.25) is 0 Å². The summed E-state index contributed by atoms with van der Waals surface area (Å²) in [4.78, 5) is 0. The van der Waals surface area contributed by atoms with Crippen LogP contribution in [0.2, 0.25) is 0 Å². The monoisotopic (exact) mass is 387 g/mol. The van der Waals surface area contributed by atoms with Crippen molar-refractivity contribution in [2.75, 3.05) is 0 Å². The van der Waals surface area contributed by atoms with Gasteiger partial charge in [0.1, 0.15) is 5.75 Å². The van der Waals surface area contributed by atoms with E-state index in [1.807, 2.05) is 0 Å². The first-order valence-electron chi connectivity index (χ1n) is 7.10. The Morgan fingerprint density at radius 2 is 1.68 bits per heavy atom. The first-order chi connectivity index (χ1) is 9.22. The van der Waals surface area contributed by atoms with Crippen LogP contribution in [0.15, 0.2) is 21.1 Å². The van der Waals surface area contributed by atoms with E-state index >= 15 is 0 Å². The lowest BCUT2D eigenvalue weighted by atomic mass is 10.2. The lowest BCUT2D eigenvalue weighted by Crippen LogP contribution is -2.16. The van der Waals surface area contributed by atoms with E-state index in [4.69, 9.17) is 4.74 Å². The normalized spacial score (nSPS) is 19.9. The lowest BCUT2D eigenvalue weighted by molar-refractivity contribution is 0.207. The van der Waals surface area contributed by atoms with Gasteiger partial charge in [-0.2, -0.15) is 0 Å². The fourth-order valence-corrected chi connectivity index (χ4v) is 4.02. The molecule has 0 amide bonds. The molecule has 19 heavy (non-hydrogen) atoms. The molecule has 1 aromatic rings. The molecule has 1 aromatic carbocycles. The third-order valence-electron chi connectivity index (χ3n) is 3.82. The number of nitrogens with one attached hydrogen (secondary N) is 1. The molecule has 2 fully saturated rings. The Labute approximate surface area is 131 Å². The third-order valence-corrected chi connectivity index (χ3v) is 5.00. The molecule has 2 nitrogen and oxygen atoms in total. The average Bonchev–Trinajstić information content (AvgIpc) is 3.07. The van der Waals surface area contributed by atoms with Crippen LogP contribution in [0.1, 0.15) is 44.1 Å². The summed E-state index contributed by atoms with van der Waals surface area (Å²) in [5.74, 6) is 0.960. The number of hydrogen-bond acceptors (Lipinski definition) is 2. The number of ether oxygens (including phenoxy) is 1. The minimum atomic E-state index is 0.392. The van der Waals surface area contributed by atoms with Gasteiger partial charge in [-0.25, -0.2) is 0 Å². The second-order valence-corrected chi connectivity index (χ2v) is 7.28. The summed E-state index contributed by atoms with van der Waals surface area (Å²) in [7, 11) is 0. The molecular weight excluding hydrogens is 370 g/mol. The van der Waals surface area contributed by atoms with Crippen LogP contribution in [0.5, 0.6) is 5.75 Å². The number of hydrogen-bond donors (Lipinski definition) is 1. The molecule has 0 atom stereocenters. The van der Waals surface area contributed by atoms with Crippen molar-refractivity contribution < 1.29 is 4.74 Å². The van der Waals surface area contributed by atoms with Crippen molar-refractivity contribution >= 4 is 31.9 Å². The van der Waals surface area contributed by atoms with Crippen LogP contribution in [0.25, 0.3) is 0 Å². The quantitative estimate of drug-likeness (QED) is 0.783. The topological polar surface area (TPSA) is 21.3 Å². The van der Waals surface area contributed by atoms with Gasteiger partial charge in [0, 0.05) is 12.6 Å². The Hall–Kier alpha value is -0.0600. The highest BCUT2D eigenvalue weighted by atomic mass is 79.9. The van der Waals surface area contributed by atoms with Crippen molar-refractivity contribution in [2.24, 2.45) is 0 Å². The van der Waals surface area contributed by atoms with Crippen molar-refractivity contribution in [3.05, 3.63) is 26.6 Å². The van der Waals surface area contributed by atoms with Crippen LogP contribution >= 0.6 is 31.9 Å². The lowest BCUT2D eigenvalue weighted by Gasteiger charge is -2.17. The molecule has 0 aromatic heterocycles. The van der Waals surface area contributed by atoms with Crippen LogP contribution < -0.4 is 10.1 Å². The van der Waals surface area contributed by atoms with Crippen LogP contribution in [-0.4, -0.2) is 12.1 Å². The van der Waals surface area contributed by atoms with Crippen LogP contribution in [0, 0.1) is 0 Å². The van der Waals surface area contributed by atoms with Gasteiger partial charge in [-0.3, -0.25) is 0 Å². The van der Waals surface area contributed by atoms with E-state index in [2.05, 4.69) is 49.3 Å². The highest BCUT2D eigenvalue weighted by Gasteiger charge is 2.21. The first-order valence-corrected chi connectivity index (χ1v) is 8.69. The smallest absolute Gasteiger partial charge is 0.148 e. The maximum absolute atomic E-state index is 6.12. The summed E-state index contributed by atoms with van der Waals surface area (Å²) in [5, 5.41) is 3.54. The number of halogens is 2. The third kappa shape index (κ3) is 3.73. The Balaban J connectivity index is 1.68. The van der Waals surface area contributed by atoms with Crippen LogP contribution in [-0.2, 0) is 6.54 Å². The average molecular weight is 389 g/mol. The Kier molecular flexibility index (Phi) is 4.50. The SMILES string of the molecule is Brc1cc(CNC2CC2)cc(Br)c1OC1CCCC1. The van der Waals surface area contributed by atoms with Crippen LogP contribution in [0.3, 0.4) is 0 Å². The zero-order chi connectivity index (χ0) is 13.2. The van der Waals surface area contributed by atoms with Gasteiger partial charge in [-0.05, 0) is 88.1 Å². The Morgan fingerprint density at radius 1 is 1.05 bits per heavy atom. The molecule has 2 aliphatic rings. The second-order valence-electron chi connectivity index (χ2n) is 5.57. The predicted molar refractivity (Wildman–Crippen MR) is 84.6 cm³/mol. The molecule has 0 saturated heterocycles. The van der Waals surface area contributed by atoms with Crippen LogP contribution in [0.4, 0.5) is 0 Å². The Bertz CT molecular complexity index is 430. The summed E-state index contributed by atoms with van der Waals surface area (Å²) in [5.41, 5.74) is 1.30. The summed E-state index contributed by atoms with van der Waals surface area (Å²) < 4.78 is 8.23. The summed E-state index contributed by atoms with van der Waals surface area (Å²) in [6.45, 7) is 0.936. The van der Waals surface area contributed by atoms with Crippen molar-refractivity contribution in [1.29, 1.82) is 0 Å². The number of benzene rings is 1. The van der Waals surface area contributed by atoms with Gasteiger partial charge in [0.05, 0.1) is 15.0 Å². The maximum atomic E-state index is 6.12. The molecule has 0 aliphatic heterocycles. The van der Waals surface area contributed by atoms with Gasteiger partial charge >= 0.3 is 0 Å². The second kappa shape index (κ2) is 6.15. The standard InChI is InChI=1S/C15H19Br2NO/c16-13-7-10(9-18-11-5-6-11)8-14(17)15(13)19-12-3-1-2-4-12/h7-8,11-12,18H,1-6,9H2. The van der Waals surface area contributed by atoms with E-state index in [1.54, 1.807) is 0 Å². The molecular formula is C15H19Br2NO. The van der Waals surface area contributed by atoms with Gasteiger partial charge in [0.15, 0.2) is 0 Å². The minimum absolute atomic E-state index is 0.392. The summed E-state index contributed by atoms with van der Waals surface area (Å²) >= 11 is 7.29.